The number of ether oxygens (including phenoxy) is 1. The SMILES string of the molecule is CC1CCC(OCC(=O)Nc2ccc(N)cc2)CC1C. The first-order valence-corrected chi connectivity index (χ1v) is 7.31. The van der Waals surface area contributed by atoms with E-state index in [4.69, 9.17) is 10.5 Å². The van der Waals surface area contributed by atoms with E-state index in [1.54, 1.807) is 24.3 Å². The summed E-state index contributed by atoms with van der Waals surface area (Å²) in [6.45, 7) is 4.67. The summed E-state index contributed by atoms with van der Waals surface area (Å²) in [5, 5.41) is 2.81. The summed E-state index contributed by atoms with van der Waals surface area (Å²) in [5.74, 6) is 1.33. The number of hydrogen-bond acceptors (Lipinski definition) is 3. The quantitative estimate of drug-likeness (QED) is 0.831. The maximum Gasteiger partial charge on any atom is 0.250 e. The Kier molecular flexibility index (Phi) is 5.01. The lowest BCUT2D eigenvalue weighted by Gasteiger charge is -2.31. The Bertz CT molecular complexity index is 444. The Balaban J connectivity index is 1.74. The number of amides is 1. The summed E-state index contributed by atoms with van der Waals surface area (Å²) < 4.78 is 5.72. The normalized spacial score (nSPS) is 26.2. The van der Waals surface area contributed by atoms with Crippen molar-refractivity contribution in [3.63, 3.8) is 0 Å². The van der Waals surface area contributed by atoms with E-state index in [0.717, 1.165) is 24.4 Å². The van der Waals surface area contributed by atoms with E-state index in [1.807, 2.05) is 0 Å². The van der Waals surface area contributed by atoms with E-state index in [0.29, 0.717) is 11.6 Å². The van der Waals surface area contributed by atoms with E-state index in [2.05, 4.69) is 19.2 Å². The van der Waals surface area contributed by atoms with Crippen molar-refractivity contribution in [2.75, 3.05) is 17.7 Å². The van der Waals surface area contributed by atoms with Crippen molar-refractivity contribution in [2.24, 2.45) is 11.8 Å². The maximum atomic E-state index is 11.8. The van der Waals surface area contributed by atoms with Crippen molar-refractivity contribution in [1.82, 2.24) is 0 Å². The molecule has 2 rings (SSSR count). The molecule has 4 nitrogen and oxygen atoms in total. The molecule has 0 saturated heterocycles. The molecule has 1 aromatic carbocycles. The first-order valence-electron chi connectivity index (χ1n) is 7.31. The van der Waals surface area contributed by atoms with Gasteiger partial charge in [0.2, 0.25) is 5.91 Å². The van der Waals surface area contributed by atoms with E-state index in [1.165, 1.54) is 6.42 Å². The highest BCUT2D eigenvalue weighted by molar-refractivity contribution is 5.91. The van der Waals surface area contributed by atoms with Crippen LogP contribution in [0.25, 0.3) is 0 Å². The van der Waals surface area contributed by atoms with Gasteiger partial charge in [-0.15, -0.1) is 0 Å². The molecule has 1 saturated carbocycles. The second-order valence-electron chi connectivity index (χ2n) is 5.87. The molecular weight excluding hydrogens is 252 g/mol. The third-order valence-corrected chi connectivity index (χ3v) is 4.19. The summed E-state index contributed by atoms with van der Waals surface area (Å²) in [7, 11) is 0. The van der Waals surface area contributed by atoms with Gasteiger partial charge in [0, 0.05) is 11.4 Å². The summed E-state index contributed by atoms with van der Waals surface area (Å²) in [5.41, 5.74) is 7.03. The number of anilines is 2. The highest BCUT2D eigenvalue weighted by atomic mass is 16.5. The molecular formula is C16H24N2O2. The molecule has 3 N–H and O–H groups in total. The van der Waals surface area contributed by atoms with Crippen LogP contribution in [-0.2, 0) is 9.53 Å². The molecule has 0 bridgehead atoms. The van der Waals surface area contributed by atoms with Gasteiger partial charge in [-0.05, 0) is 55.4 Å². The molecule has 1 aliphatic rings. The fourth-order valence-electron chi connectivity index (χ4n) is 2.61. The largest absolute Gasteiger partial charge is 0.399 e. The van der Waals surface area contributed by atoms with Gasteiger partial charge in [0.1, 0.15) is 6.61 Å². The average Bonchev–Trinajstić information content (AvgIpc) is 2.43. The van der Waals surface area contributed by atoms with Crippen molar-refractivity contribution >= 4 is 17.3 Å². The zero-order valence-electron chi connectivity index (χ0n) is 12.3. The van der Waals surface area contributed by atoms with Crippen LogP contribution in [0.3, 0.4) is 0 Å². The second-order valence-corrected chi connectivity index (χ2v) is 5.87. The van der Waals surface area contributed by atoms with Crippen LogP contribution in [0, 0.1) is 11.8 Å². The Morgan fingerprint density at radius 2 is 1.95 bits per heavy atom. The lowest BCUT2D eigenvalue weighted by atomic mass is 9.80. The molecule has 1 aliphatic carbocycles. The molecule has 110 valence electrons. The number of nitrogens with one attached hydrogen (secondary N) is 1. The van der Waals surface area contributed by atoms with Crippen LogP contribution in [0.15, 0.2) is 24.3 Å². The van der Waals surface area contributed by atoms with Gasteiger partial charge in [-0.1, -0.05) is 13.8 Å². The molecule has 3 atom stereocenters. The minimum absolute atomic E-state index is 0.110. The number of hydrogen-bond donors (Lipinski definition) is 2. The summed E-state index contributed by atoms with van der Waals surface area (Å²) in [6, 6.07) is 7.11. The van der Waals surface area contributed by atoms with E-state index >= 15 is 0 Å². The Morgan fingerprint density at radius 3 is 2.60 bits per heavy atom. The van der Waals surface area contributed by atoms with Gasteiger partial charge in [0.05, 0.1) is 6.10 Å². The lowest BCUT2D eigenvalue weighted by molar-refractivity contribution is -0.123. The Labute approximate surface area is 120 Å². The monoisotopic (exact) mass is 276 g/mol. The van der Waals surface area contributed by atoms with E-state index in [-0.39, 0.29) is 18.6 Å². The molecule has 4 heteroatoms. The van der Waals surface area contributed by atoms with Crippen LogP contribution >= 0.6 is 0 Å². The molecule has 0 spiro atoms. The topological polar surface area (TPSA) is 64.3 Å². The van der Waals surface area contributed by atoms with E-state index in [9.17, 15) is 4.79 Å². The summed E-state index contributed by atoms with van der Waals surface area (Å²) in [6.07, 6.45) is 3.51. The second kappa shape index (κ2) is 6.75. The summed E-state index contributed by atoms with van der Waals surface area (Å²) in [4.78, 5) is 11.8. The molecule has 0 aromatic heterocycles. The maximum absolute atomic E-state index is 11.8. The number of rotatable bonds is 4. The Hall–Kier alpha value is -1.55. The van der Waals surface area contributed by atoms with Crippen LogP contribution < -0.4 is 11.1 Å². The minimum Gasteiger partial charge on any atom is -0.399 e. The predicted octanol–water partition coefficient (Wildman–Crippen LogP) is 3.05. The van der Waals surface area contributed by atoms with Gasteiger partial charge in [0.15, 0.2) is 0 Å². The number of carbonyl (C=O) groups excluding carboxylic acids is 1. The van der Waals surface area contributed by atoms with Gasteiger partial charge < -0.3 is 15.8 Å². The van der Waals surface area contributed by atoms with Gasteiger partial charge in [0.25, 0.3) is 0 Å². The van der Waals surface area contributed by atoms with Crippen LogP contribution in [0.5, 0.6) is 0 Å². The zero-order chi connectivity index (χ0) is 14.5. The van der Waals surface area contributed by atoms with E-state index < -0.39 is 0 Å². The molecule has 3 unspecified atom stereocenters. The lowest BCUT2D eigenvalue weighted by Crippen LogP contribution is -2.29. The first-order chi connectivity index (χ1) is 9.54. The number of nitrogen functional groups attached to an aromatic ring is 1. The van der Waals surface area contributed by atoms with Gasteiger partial charge in [-0.3, -0.25) is 4.79 Å². The first kappa shape index (κ1) is 14.9. The van der Waals surface area contributed by atoms with Crippen LogP contribution in [0.1, 0.15) is 33.1 Å². The molecule has 0 aliphatic heterocycles. The van der Waals surface area contributed by atoms with Crippen molar-refractivity contribution in [3.8, 4) is 0 Å². The van der Waals surface area contributed by atoms with Crippen LogP contribution in [0.2, 0.25) is 0 Å². The van der Waals surface area contributed by atoms with Gasteiger partial charge in [-0.25, -0.2) is 0 Å². The highest BCUT2D eigenvalue weighted by Crippen LogP contribution is 2.30. The fraction of sp³-hybridized carbons (Fsp3) is 0.562. The third kappa shape index (κ3) is 4.23. The zero-order valence-corrected chi connectivity index (χ0v) is 12.3. The standard InChI is InChI=1S/C16H24N2O2/c1-11-3-8-15(9-12(11)2)20-10-16(19)18-14-6-4-13(17)5-7-14/h4-7,11-12,15H,3,8-10,17H2,1-2H3,(H,18,19). The van der Waals surface area contributed by atoms with Crippen molar-refractivity contribution in [3.05, 3.63) is 24.3 Å². The third-order valence-electron chi connectivity index (χ3n) is 4.19. The highest BCUT2D eigenvalue weighted by Gasteiger charge is 2.25. The predicted molar refractivity (Wildman–Crippen MR) is 81.4 cm³/mol. The molecule has 1 fully saturated rings. The molecule has 0 heterocycles. The minimum atomic E-state index is -0.110. The van der Waals surface area contributed by atoms with Crippen LogP contribution in [0.4, 0.5) is 11.4 Å². The molecule has 1 amide bonds. The number of benzene rings is 1. The summed E-state index contributed by atoms with van der Waals surface area (Å²) >= 11 is 0. The number of nitrogens with two attached hydrogens (primary N) is 1. The molecule has 1 aromatic rings. The fourth-order valence-corrected chi connectivity index (χ4v) is 2.61. The molecule has 20 heavy (non-hydrogen) atoms. The van der Waals surface area contributed by atoms with Crippen molar-refractivity contribution in [1.29, 1.82) is 0 Å². The van der Waals surface area contributed by atoms with Gasteiger partial charge >= 0.3 is 0 Å². The Morgan fingerprint density at radius 1 is 1.25 bits per heavy atom. The number of carbonyl (C=O) groups is 1. The van der Waals surface area contributed by atoms with Crippen molar-refractivity contribution in [2.45, 2.75) is 39.2 Å². The van der Waals surface area contributed by atoms with Crippen molar-refractivity contribution < 1.29 is 9.53 Å². The van der Waals surface area contributed by atoms with Gasteiger partial charge in [-0.2, -0.15) is 0 Å². The molecule has 0 radical (unpaired) electrons. The van der Waals surface area contributed by atoms with Crippen LogP contribution in [-0.4, -0.2) is 18.6 Å². The average molecular weight is 276 g/mol. The smallest absolute Gasteiger partial charge is 0.250 e.